The average Bonchev–Trinajstić information content (AvgIpc) is 2.57. The lowest BCUT2D eigenvalue weighted by Crippen LogP contribution is -2.21. The topological polar surface area (TPSA) is 53.7 Å². The van der Waals surface area contributed by atoms with Crippen molar-refractivity contribution >= 4 is 16.7 Å². The highest BCUT2D eigenvalue weighted by Gasteiger charge is 2.10. The number of benzene rings is 2. The molecule has 0 unspecified atom stereocenters. The molecule has 3 aromatic rings. The highest BCUT2D eigenvalue weighted by Crippen LogP contribution is 2.24. The third kappa shape index (κ3) is 2.80. The van der Waals surface area contributed by atoms with E-state index in [-0.39, 0.29) is 11.2 Å². The summed E-state index contributed by atoms with van der Waals surface area (Å²) in [6, 6.07) is 12.4. The Morgan fingerprint density at radius 3 is 2.39 bits per heavy atom. The van der Waals surface area contributed by atoms with Gasteiger partial charge in [0.2, 0.25) is 0 Å². The molecule has 3 rings (SSSR count). The molecule has 1 N–H and O–H groups in total. The van der Waals surface area contributed by atoms with E-state index >= 15 is 0 Å². The molecule has 23 heavy (non-hydrogen) atoms. The number of hydrogen-bond donors (Lipinski definition) is 1. The van der Waals surface area contributed by atoms with Gasteiger partial charge in [0.15, 0.2) is 5.43 Å². The average molecular weight is 309 g/mol. The third-order valence-corrected chi connectivity index (χ3v) is 4.07. The molecule has 0 aliphatic rings. The Morgan fingerprint density at radius 2 is 1.74 bits per heavy atom. The lowest BCUT2D eigenvalue weighted by Gasteiger charge is -2.21. The van der Waals surface area contributed by atoms with Crippen LogP contribution in [0.2, 0.25) is 0 Å². The molecule has 0 amide bonds. The number of aromatic hydroxyl groups is 1. The maximum Gasteiger partial charge on any atom is 0.200 e. The van der Waals surface area contributed by atoms with E-state index in [1.54, 1.807) is 6.07 Å². The Bertz CT molecular complexity index is 877. The van der Waals surface area contributed by atoms with Crippen molar-refractivity contribution in [2.75, 3.05) is 18.0 Å². The molecule has 0 bridgehead atoms. The minimum absolute atomic E-state index is 0.0805. The number of fused-ring (bicyclic) bond motifs is 1. The van der Waals surface area contributed by atoms with Crippen molar-refractivity contribution in [2.24, 2.45) is 0 Å². The first-order valence-electron chi connectivity index (χ1n) is 7.74. The number of anilines is 1. The molecule has 0 spiro atoms. The molecule has 118 valence electrons. The van der Waals surface area contributed by atoms with Crippen molar-refractivity contribution in [3.8, 4) is 16.9 Å². The van der Waals surface area contributed by atoms with Crippen molar-refractivity contribution < 1.29 is 9.52 Å². The molecule has 0 aliphatic carbocycles. The van der Waals surface area contributed by atoms with Gasteiger partial charge >= 0.3 is 0 Å². The standard InChI is InChI=1S/C19H19NO3/c1-3-20(4-2)14-7-5-13(6-8-14)17-12-23-18-11-15(21)9-10-16(18)19(17)22/h5-12,21H,3-4H2,1-2H3. The van der Waals surface area contributed by atoms with Gasteiger partial charge in [-0.15, -0.1) is 0 Å². The molecule has 0 fully saturated rings. The van der Waals surface area contributed by atoms with Gasteiger partial charge in [0, 0.05) is 24.8 Å². The van der Waals surface area contributed by atoms with Crippen LogP contribution in [0.25, 0.3) is 22.1 Å². The lowest BCUT2D eigenvalue weighted by atomic mass is 10.0. The van der Waals surface area contributed by atoms with E-state index in [0.29, 0.717) is 16.5 Å². The smallest absolute Gasteiger partial charge is 0.200 e. The molecule has 4 heteroatoms. The number of hydrogen-bond acceptors (Lipinski definition) is 4. The van der Waals surface area contributed by atoms with E-state index in [4.69, 9.17) is 4.42 Å². The number of nitrogens with zero attached hydrogens (tertiary/aromatic N) is 1. The summed E-state index contributed by atoms with van der Waals surface area (Å²) in [5.74, 6) is 0.0805. The minimum atomic E-state index is -0.0955. The molecule has 0 saturated carbocycles. The zero-order valence-corrected chi connectivity index (χ0v) is 13.2. The zero-order valence-electron chi connectivity index (χ0n) is 13.2. The van der Waals surface area contributed by atoms with Crippen LogP contribution in [-0.2, 0) is 0 Å². The highest BCUT2D eigenvalue weighted by molar-refractivity contribution is 5.82. The second-order valence-corrected chi connectivity index (χ2v) is 5.38. The van der Waals surface area contributed by atoms with Crippen LogP contribution in [0.4, 0.5) is 5.69 Å². The first-order chi connectivity index (χ1) is 11.1. The number of phenols is 1. The van der Waals surface area contributed by atoms with Gasteiger partial charge in [0.05, 0.1) is 10.9 Å². The summed E-state index contributed by atoms with van der Waals surface area (Å²) in [4.78, 5) is 14.9. The molecule has 0 atom stereocenters. The van der Waals surface area contributed by atoms with Crippen molar-refractivity contribution in [2.45, 2.75) is 13.8 Å². The predicted molar refractivity (Wildman–Crippen MR) is 93.1 cm³/mol. The quantitative estimate of drug-likeness (QED) is 0.791. The summed E-state index contributed by atoms with van der Waals surface area (Å²) in [5, 5.41) is 9.94. The Morgan fingerprint density at radius 1 is 1.04 bits per heavy atom. The largest absolute Gasteiger partial charge is 0.508 e. The van der Waals surface area contributed by atoms with Crippen LogP contribution in [-0.4, -0.2) is 18.2 Å². The molecule has 2 aromatic carbocycles. The molecular weight excluding hydrogens is 290 g/mol. The van der Waals surface area contributed by atoms with Crippen molar-refractivity contribution in [1.82, 2.24) is 0 Å². The SMILES string of the molecule is CCN(CC)c1ccc(-c2coc3cc(O)ccc3c2=O)cc1. The molecule has 0 aliphatic heterocycles. The zero-order chi connectivity index (χ0) is 16.4. The minimum Gasteiger partial charge on any atom is -0.508 e. The van der Waals surface area contributed by atoms with Crippen LogP contribution in [0, 0.1) is 0 Å². The van der Waals surface area contributed by atoms with Gasteiger partial charge in [0.1, 0.15) is 17.6 Å². The molecular formula is C19H19NO3. The molecule has 1 heterocycles. The van der Waals surface area contributed by atoms with E-state index in [9.17, 15) is 9.90 Å². The highest BCUT2D eigenvalue weighted by atomic mass is 16.3. The number of rotatable bonds is 4. The maximum atomic E-state index is 12.6. The summed E-state index contributed by atoms with van der Waals surface area (Å²) < 4.78 is 5.51. The molecule has 4 nitrogen and oxygen atoms in total. The summed E-state index contributed by atoms with van der Waals surface area (Å²) in [6.45, 7) is 6.12. The maximum absolute atomic E-state index is 12.6. The third-order valence-electron chi connectivity index (χ3n) is 4.07. The summed E-state index contributed by atoms with van der Waals surface area (Å²) in [6.07, 6.45) is 1.45. The Labute approximate surface area is 134 Å². The van der Waals surface area contributed by atoms with Crippen LogP contribution in [0.15, 0.2) is 57.9 Å². The van der Waals surface area contributed by atoms with Crippen molar-refractivity contribution in [3.05, 3.63) is 59.0 Å². The number of phenolic OH excluding ortho intramolecular Hbond substituents is 1. The van der Waals surface area contributed by atoms with Gasteiger partial charge in [-0.2, -0.15) is 0 Å². The van der Waals surface area contributed by atoms with Gasteiger partial charge in [-0.25, -0.2) is 0 Å². The van der Waals surface area contributed by atoms with Crippen LogP contribution in [0.5, 0.6) is 5.75 Å². The fraction of sp³-hybridized carbons (Fsp3) is 0.211. The first-order valence-corrected chi connectivity index (χ1v) is 7.74. The Balaban J connectivity index is 2.05. The lowest BCUT2D eigenvalue weighted by molar-refractivity contribution is 0.474. The Hall–Kier alpha value is -2.75. The first kappa shape index (κ1) is 15.2. The van der Waals surface area contributed by atoms with Crippen LogP contribution in [0.1, 0.15) is 13.8 Å². The van der Waals surface area contributed by atoms with Gasteiger partial charge < -0.3 is 14.4 Å². The normalized spacial score (nSPS) is 10.9. The fourth-order valence-electron chi connectivity index (χ4n) is 2.76. The second-order valence-electron chi connectivity index (χ2n) is 5.38. The van der Waals surface area contributed by atoms with Crippen molar-refractivity contribution in [1.29, 1.82) is 0 Å². The van der Waals surface area contributed by atoms with Crippen LogP contribution >= 0.6 is 0 Å². The van der Waals surface area contributed by atoms with Crippen LogP contribution < -0.4 is 10.3 Å². The van der Waals surface area contributed by atoms with Gasteiger partial charge in [-0.1, -0.05) is 12.1 Å². The molecule has 0 saturated heterocycles. The van der Waals surface area contributed by atoms with E-state index in [1.807, 2.05) is 24.3 Å². The fourth-order valence-corrected chi connectivity index (χ4v) is 2.76. The van der Waals surface area contributed by atoms with Gasteiger partial charge in [-0.3, -0.25) is 4.79 Å². The van der Waals surface area contributed by atoms with Crippen LogP contribution in [0.3, 0.4) is 0 Å². The Kier molecular flexibility index (Phi) is 4.06. The summed E-state index contributed by atoms with van der Waals surface area (Å²) >= 11 is 0. The van der Waals surface area contributed by atoms with E-state index < -0.39 is 0 Å². The van der Waals surface area contributed by atoms with E-state index in [0.717, 1.165) is 24.3 Å². The van der Waals surface area contributed by atoms with Crippen molar-refractivity contribution in [3.63, 3.8) is 0 Å². The van der Waals surface area contributed by atoms with Gasteiger partial charge in [-0.05, 0) is 43.7 Å². The summed E-state index contributed by atoms with van der Waals surface area (Å²) in [7, 11) is 0. The molecule has 1 aromatic heterocycles. The van der Waals surface area contributed by atoms with E-state index in [2.05, 4.69) is 18.7 Å². The van der Waals surface area contributed by atoms with E-state index in [1.165, 1.54) is 18.4 Å². The predicted octanol–water partition coefficient (Wildman–Crippen LogP) is 4.01. The monoisotopic (exact) mass is 309 g/mol. The second kappa shape index (κ2) is 6.16. The molecule has 0 radical (unpaired) electrons. The summed E-state index contributed by atoms with van der Waals surface area (Å²) in [5.41, 5.74) is 2.77. The van der Waals surface area contributed by atoms with Gasteiger partial charge in [0.25, 0.3) is 0 Å².